The van der Waals surface area contributed by atoms with Crippen molar-refractivity contribution in [2.24, 2.45) is 10.9 Å². The summed E-state index contributed by atoms with van der Waals surface area (Å²) in [5.74, 6) is 0.690. The van der Waals surface area contributed by atoms with E-state index < -0.39 is 5.92 Å². The molecule has 0 saturated carbocycles. The van der Waals surface area contributed by atoms with E-state index in [2.05, 4.69) is 16.0 Å². The predicted molar refractivity (Wildman–Crippen MR) is 126 cm³/mol. The Kier molecular flexibility index (Phi) is 6.06. The van der Waals surface area contributed by atoms with Crippen LogP contribution < -0.4 is 19.1 Å². The maximum Gasteiger partial charge on any atom is 0.269 e. The molecule has 3 aliphatic heterocycles. The summed E-state index contributed by atoms with van der Waals surface area (Å²) in [6, 6.07) is 9.47. The molecular weight excluding hydrogens is 450 g/mol. The number of amides is 2. The van der Waals surface area contributed by atoms with Gasteiger partial charge in [0, 0.05) is 31.3 Å². The van der Waals surface area contributed by atoms with Gasteiger partial charge in [-0.2, -0.15) is 5.26 Å². The summed E-state index contributed by atoms with van der Waals surface area (Å²) < 4.78 is 17.2. The number of carbonyl (C=O) groups is 2. The van der Waals surface area contributed by atoms with Gasteiger partial charge in [0.2, 0.25) is 11.8 Å². The van der Waals surface area contributed by atoms with Crippen LogP contribution in [0.4, 0.5) is 11.4 Å². The Hall–Kier alpha value is -4.39. The summed E-state index contributed by atoms with van der Waals surface area (Å²) in [6.07, 6.45) is 6.50. The van der Waals surface area contributed by atoms with Gasteiger partial charge in [-0.25, -0.2) is 9.98 Å². The zero-order chi connectivity index (χ0) is 24.4. The van der Waals surface area contributed by atoms with Crippen LogP contribution in [0.2, 0.25) is 0 Å². The van der Waals surface area contributed by atoms with Crippen molar-refractivity contribution in [2.45, 2.75) is 12.5 Å². The maximum absolute atomic E-state index is 12.8. The van der Waals surface area contributed by atoms with Gasteiger partial charge in [0.05, 0.1) is 43.7 Å². The minimum Gasteiger partial charge on any atom is -0.490 e. The molecule has 2 amide bonds. The van der Waals surface area contributed by atoms with Gasteiger partial charge < -0.3 is 24.0 Å². The number of nitriles is 1. The van der Waals surface area contributed by atoms with Gasteiger partial charge in [-0.1, -0.05) is 6.08 Å². The molecule has 3 aliphatic rings. The molecule has 0 aliphatic carbocycles. The SMILES string of the molecule is COc1ncc(N2CCOc3ccc(O[C@H]4CCN(C(=O)C5C=CC(=O)N=C5)C4)cc32)cc1C#N. The van der Waals surface area contributed by atoms with Gasteiger partial charge in [0.25, 0.3) is 5.91 Å². The standard InChI is InChI=1S/C25H23N5O5/c1-33-24-17(12-26)10-18(14-28-24)30-8-9-34-22-4-3-19(11-21(22)30)35-20-6-7-29(15-20)25(32)16-2-5-23(31)27-13-16/h2-5,10-11,13-14,16,20H,6-9,15H2,1H3/t16?,20-/m0/s1. The molecule has 0 N–H and O–H groups in total. The van der Waals surface area contributed by atoms with Crippen LogP contribution >= 0.6 is 0 Å². The fourth-order valence-electron chi connectivity index (χ4n) is 4.38. The lowest BCUT2D eigenvalue weighted by molar-refractivity contribution is -0.131. The number of anilines is 2. The molecule has 1 aromatic carbocycles. The fraction of sp³-hybridized carbons (Fsp3) is 0.320. The van der Waals surface area contributed by atoms with E-state index in [9.17, 15) is 14.9 Å². The van der Waals surface area contributed by atoms with Gasteiger partial charge in [-0.15, -0.1) is 0 Å². The topological polar surface area (TPSA) is 117 Å². The molecule has 1 unspecified atom stereocenters. The summed E-state index contributed by atoms with van der Waals surface area (Å²) in [7, 11) is 1.48. The number of nitrogens with zero attached hydrogens (tertiary/aromatic N) is 5. The third-order valence-electron chi connectivity index (χ3n) is 6.11. The zero-order valence-corrected chi connectivity index (χ0v) is 19.1. The lowest BCUT2D eigenvalue weighted by Gasteiger charge is -2.31. The summed E-state index contributed by atoms with van der Waals surface area (Å²) >= 11 is 0. The Balaban J connectivity index is 1.30. The number of fused-ring (bicyclic) bond motifs is 1. The van der Waals surface area contributed by atoms with Crippen LogP contribution in [0, 0.1) is 17.2 Å². The number of hydrogen-bond acceptors (Lipinski definition) is 8. The average molecular weight is 473 g/mol. The second kappa shape index (κ2) is 9.46. The fourth-order valence-corrected chi connectivity index (χ4v) is 4.38. The molecule has 4 heterocycles. The van der Waals surface area contributed by atoms with E-state index in [-0.39, 0.29) is 23.8 Å². The number of likely N-dealkylation sites (tertiary alicyclic amines) is 1. The molecule has 5 rings (SSSR count). The van der Waals surface area contributed by atoms with E-state index in [1.54, 1.807) is 23.2 Å². The van der Waals surface area contributed by atoms with E-state index in [1.807, 2.05) is 23.1 Å². The smallest absolute Gasteiger partial charge is 0.269 e. The molecule has 0 bridgehead atoms. The van der Waals surface area contributed by atoms with Crippen LogP contribution in [0.25, 0.3) is 0 Å². The third kappa shape index (κ3) is 4.53. The molecule has 0 radical (unpaired) electrons. The van der Waals surface area contributed by atoms with Gasteiger partial charge in [0.1, 0.15) is 35.8 Å². The molecule has 2 atom stereocenters. The highest BCUT2D eigenvalue weighted by atomic mass is 16.5. The second-order valence-corrected chi connectivity index (χ2v) is 8.31. The van der Waals surface area contributed by atoms with Crippen molar-refractivity contribution in [3.8, 4) is 23.4 Å². The van der Waals surface area contributed by atoms with Crippen molar-refractivity contribution >= 4 is 29.4 Å². The van der Waals surface area contributed by atoms with Gasteiger partial charge in [-0.05, 0) is 18.2 Å². The lowest BCUT2D eigenvalue weighted by atomic mass is 10.1. The summed E-state index contributed by atoms with van der Waals surface area (Å²) in [5, 5.41) is 9.44. The first kappa shape index (κ1) is 22.4. The number of aromatic nitrogens is 1. The number of pyridine rings is 1. The molecule has 1 fully saturated rings. The van der Waals surface area contributed by atoms with Crippen molar-refractivity contribution < 1.29 is 23.8 Å². The van der Waals surface area contributed by atoms with E-state index in [0.29, 0.717) is 49.7 Å². The largest absolute Gasteiger partial charge is 0.490 e. The molecule has 0 spiro atoms. The van der Waals surface area contributed by atoms with Crippen molar-refractivity contribution in [2.75, 3.05) is 38.3 Å². The van der Waals surface area contributed by atoms with Crippen molar-refractivity contribution in [1.29, 1.82) is 5.26 Å². The highest BCUT2D eigenvalue weighted by molar-refractivity contribution is 6.05. The molecule has 178 valence electrons. The second-order valence-electron chi connectivity index (χ2n) is 8.31. The number of methoxy groups -OCH3 is 1. The summed E-state index contributed by atoms with van der Waals surface area (Å²) in [6.45, 7) is 2.10. The lowest BCUT2D eigenvalue weighted by Crippen LogP contribution is -2.36. The molecular formula is C25H23N5O5. The van der Waals surface area contributed by atoms with Crippen LogP contribution in [0.5, 0.6) is 17.4 Å². The van der Waals surface area contributed by atoms with Crippen molar-refractivity contribution in [3.63, 3.8) is 0 Å². The third-order valence-corrected chi connectivity index (χ3v) is 6.11. The highest BCUT2D eigenvalue weighted by Gasteiger charge is 2.31. The van der Waals surface area contributed by atoms with Crippen molar-refractivity contribution in [1.82, 2.24) is 9.88 Å². The van der Waals surface area contributed by atoms with Crippen LogP contribution in [-0.2, 0) is 9.59 Å². The molecule has 35 heavy (non-hydrogen) atoms. The molecule has 10 nitrogen and oxygen atoms in total. The minimum absolute atomic E-state index is 0.0890. The monoisotopic (exact) mass is 473 g/mol. The van der Waals surface area contributed by atoms with E-state index in [0.717, 1.165) is 11.4 Å². The molecule has 10 heteroatoms. The highest BCUT2D eigenvalue weighted by Crippen LogP contribution is 2.40. The Morgan fingerprint density at radius 2 is 2.17 bits per heavy atom. The number of carbonyl (C=O) groups excluding carboxylic acids is 2. The number of hydrogen-bond donors (Lipinski definition) is 0. The number of benzene rings is 1. The van der Waals surface area contributed by atoms with Gasteiger partial charge >= 0.3 is 0 Å². The van der Waals surface area contributed by atoms with Crippen LogP contribution in [0.1, 0.15) is 12.0 Å². The number of rotatable bonds is 5. The molecule has 1 saturated heterocycles. The van der Waals surface area contributed by atoms with Gasteiger partial charge in [0.15, 0.2) is 0 Å². The van der Waals surface area contributed by atoms with Gasteiger partial charge in [-0.3, -0.25) is 9.59 Å². The first-order valence-corrected chi connectivity index (χ1v) is 11.3. The first-order chi connectivity index (χ1) is 17.1. The molecule has 2 aromatic rings. The Morgan fingerprint density at radius 3 is 2.94 bits per heavy atom. The molecule has 1 aromatic heterocycles. The van der Waals surface area contributed by atoms with Crippen molar-refractivity contribution in [3.05, 3.63) is 48.2 Å². The first-order valence-electron chi connectivity index (χ1n) is 11.3. The quantitative estimate of drug-likeness (QED) is 0.649. The van der Waals surface area contributed by atoms with E-state index in [1.165, 1.54) is 19.4 Å². The normalized spacial score (nSPS) is 20.7. The Morgan fingerprint density at radius 1 is 1.29 bits per heavy atom. The zero-order valence-electron chi connectivity index (χ0n) is 19.1. The minimum atomic E-state index is -0.516. The van der Waals surface area contributed by atoms with E-state index in [4.69, 9.17) is 14.2 Å². The van der Waals surface area contributed by atoms with Crippen LogP contribution in [0.15, 0.2) is 47.6 Å². The predicted octanol–water partition coefficient (Wildman–Crippen LogP) is 2.26. The number of ether oxygens (including phenoxy) is 3. The number of aliphatic imine (C=N–C) groups is 1. The summed E-state index contributed by atoms with van der Waals surface area (Å²) in [4.78, 5) is 35.7. The number of dihydropyridines is 1. The van der Waals surface area contributed by atoms with E-state index >= 15 is 0 Å². The van der Waals surface area contributed by atoms with Crippen LogP contribution in [-0.4, -0.2) is 67.4 Å². The Labute approximate surface area is 202 Å². The Bertz CT molecular complexity index is 1250. The van der Waals surface area contributed by atoms with Crippen LogP contribution in [0.3, 0.4) is 0 Å². The summed E-state index contributed by atoms with van der Waals surface area (Å²) in [5.41, 5.74) is 1.91. The average Bonchev–Trinajstić information content (AvgIpc) is 3.36. The maximum atomic E-state index is 12.8.